The molecular formula is C14H28N2O3. The lowest BCUT2D eigenvalue weighted by Gasteiger charge is -2.11. The van der Waals surface area contributed by atoms with Gasteiger partial charge in [-0.15, -0.1) is 0 Å². The van der Waals surface area contributed by atoms with E-state index < -0.39 is 11.8 Å². The van der Waals surface area contributed by atoms with Gasteiger partial charge >= 0.3 is 0 Å². The average Bonchev–Trinajstić information content (AvgIpc) is 2.43. The zero-order valence-corrected chi connectivity index (χ0v) is 12.1. The highest BCUT2D eigenvalue weighted by atomic mass is 16.5. The number of hydrogen-bond acceptors (Lipinski definition) is 4. The molecule has 0 atom stereocenters. The van der Waals surface area contributed by atoms with Crippen LogP contribution < -0.4 is 5.73 Å². The fourth-order valence-electron chi connectivity index (χ4n) is 1.92. The number of carbonyl (C=O) groups is 2. The summed E-state index contributed by atoms with van der Waals surface area (Å²) in [7, 11) is 0. The molecule has 0 radical (unpaired) electrons. The molecule has 0 unspecified atom stereocenters. The van der Waals surface area contributed by atoms with Gasteiger partial charge in [-0.3, -0.25) is 14.8 Å². The molecule has 5 heteroatoms. The van der Waals surface area contributed by atoms with Crippen molar-refractivity contribution in [2.75, 3.05) is 6.54 Å². The molecule has 0 fully saturated rings. The first-order valence-corrected chi connectivity index (χ1v) is 7.38. The van der Waals surface area contributed by atoms with Gasteiger partial charge in [0, 0.05) is 6.42 Å². The normalized spacial score (nSPS) is 10.5. The van der Waals surface area contributed by atoms with Gasteiger partial charge in [0.05, 0.1) is 6.54 Å². The molecule has 0 aromatic heterocycles. The maximum absolute atomic E-state index is 11.4. The van der Waals surface area contributed by atoms with Crippen molar-refractivity contribution in [2.45, 2.75) is 71.1 Å². The van der Waals surface area contributed by atoms with E-state index in [0.29, 0.717) is 6.42 Å². The number of hydroxylamine groups is 2. The zero-order valence-electron chi connectivity index (χ0n) is 12.1. The standard InChI is InChI=1S/C14H28N2O3/c1-2-3-4-5-6-7-8-9-10-11-13(17)16(19)14(18)12-15/h19H,2-12,15H2,1H3. The van der Waals surface area contributed by atoms with E-state index in [1.54, 1.807) is 0 Å². The molecule has 0 bridgehead atoms. The van der Waals surface area contributed by atoms with Crippen LogP contribution in [-0.2, 0) is 9.59 Å². The number of rotatable bonds is 11. The molecule has 3 N–H and O–H groups in total. The second-order valence-corrected chi connectivity index (χ2v) is 4.88. The van der Waals surface area contributed by atoms with Gasteiger partial charge in [0.2, 0.25) is 0 Å². The van der Waals surface area contributed by atoms with Crippen LogP contribution in [0.25, 0.3) is 0 Å². The van der Waals surface area contributed by atoms with Gasteiger partial charge in [0.15, 0.2) is 0 Å². The van der Waals surface area contributed by atoms with Crippen LogP contribution in [0, 0.1) is 0 Å². The van der Waals surface area contributed by atoms with Gasteiger partial charge in [-0.25, -0.2) is 0 Å². The molecule has 0 aliphatic carbocycles. The quantitative estimate of drug-likeness (QED) is 0.344. The number of unbranched alkanes of at least 4 members (excludes halogenated alkanes) is 8. The van der Waals surface area contributed by atoms with E-state index in [1.165, 1.54) is 38.5 Å². The van der Waals surface area contributed by atoms with Crippen LogP contribution >= 0.6 is 0 Å². The highest BCUT2D eigenvalue weighted by molar-refractivity contribution is 5.94. The Morgan fingerprint density at radius 3 is 1.84 bits per heavy atom. The van der Waals surface area contributed by atoms with Crippen molar-refractivity contribution >= 4 is 11.8 Å². The summed E-state index contributed by atoms with van der Waals surface area (Å²) in [6, 6.07) is 0. The molecule has 0 saturated carbocycles. The molecule has 0 heterocycles. The summed E-state index contributed by atoms with van der Waals surface area (Å²) >= 11 is 0. The van der Waals surface area contributed by atoms with Gasteiger partial charge < -0.3 is 5.73 Å². The van der Waals surface area contributed by atoms with Crippen molar-refractivity contribution in [3.8, 4) is 0 Å². The van der Waals surface area contributed by atoms with E-state index in [2.05, 4.69) is 6.92 Å². The minimum atomic E-state index is -0.749. The minimum absolute atomic E-state index is 0.144. The second-order valence-electron chi connectivity index (χ2n) is 4.88. The maximum atomic E-state index is 11.4. The fraction of sp³-hybridized carbons (Fsp3) is 0.857. The molecule has 5 nitrogen and oxygen atoms in total. The molecule has 0 saturated heterocycles. The Hall–Kier alpha value is -0.940. The highest BCUT2D eigenvalue weighted by Gasteiger charge is 2.16. The third-order valence-corrected chi connectivity index (χ3v) is 3.14. The molecule has 0 aliphatic rings. The summed E-state index contributed by atoms with van der Waals surface area (Å²) in [4.78, 5) is 22.3. The molecular weight excluding hydrogens is 244 g/mol. The van der Waals surface area contributed by atoms with Crippen molar-refractivity contribution in [3.63, 3.8) is 0 Å². The van der Waals surface area contributed by atoms with Crippen molar-refractivity contribution < 1.29 is 14.8 Å². The average molecular weight is 272 g/mol. The third kappa shape index (κ3) is 9.62. The van der Waals surface area contributed by atoms with E-state index in [1.807, 2.05) is 0 Å². The summed E-state index contributed by atoms with van der Waals surface area (Å²) in [5, 5.41) is 9.31. The predicted molar refractivity (Wildman–Crippen MR) is 74.5 cm³/mol. The zero-order chi connectivity index (χ0) is 14.5. The lowest BCUT2D eigenvalue weighted by atomic mass is 10.1. The monoisotopic (exact) mass is 272 g/mol. The lowest BCUT2D eigenvalue weighted by molar-refractivity contribution is -0.178. The maximum Gasteiger partial charge on any atom is 0.266 e. The SMILES string of the molecule is CCCCCCCCCCCC(=O)N(O)C(=O)CN. The van der Waals surface area contributed by atoms with Crippen LogP contribution in [0.4, 0.5) is 0 Å². The molecule has 2 amide bonds. The first-order chi connectivity index (χ1) is 9.13. The van der Waals surface area contributed by atoms with Crippen molar-refractivity contribution in [1.82, 2.24) is 5.06 Å². The first-order valence-electron chi connectivity index (χ1n) is 7.38. The molecule has 0 aromatic rings. The summed E-state index contributed by atoms with van der Waals surface area (Å²) in [6.45, 7) is 1.86. The van der Waals surface area contributed by atoms with Gasteiger partial charge in [-0.2, -0.15) is 5.06 Å². The Morgan fingerprint density at radius 1 is 0.895 bits per heavy atom. The Kier molecular flexibility index (Phi) is 11.5. The molecule has 0 aromatic carbocycles. The highest BCUT2D eigenvalue weighted by Crippen LogP contribution is 2.10. The second kappa shape index (κ2) is 12.1. The van der Waals surface area contributed by atoms with Crippen molar-refractivity contribution in [3.05, 3.63) is 0 Å². The summed E-state index contributed by atoms with van der Waals surface area (Å²) < 4.78 is 0. The van der Waals surface area contributed by atoms with Crippen LogP contribution in [0.3, 0.4) is 0 Å². The summed E-state index contributed by atoms with van der Waals surface area (Å²) in [6.07, 6.45) is 10.6. The number of carbonyl (C=O) groups excluding carboxylic acids is 2. The van der Waals surface area contributed by atoms with Crippen LogP contribution in [0.2, 0.25) is 0 Å². The van der Waals surface area contributed by atoms with Gasteiger partial charge in [-0.1, -0.05) is 58.3 Å². The van der Waals surface area contributed by atoms with E-state index in [4.69, 9.17) is 10.9 Å². The van der Waals surface area contributed by atoms with Gasteiger partial charge in [0.25, 0.3) is 11.8 Å². The summed E-state index contributed by atoms with van der Waals surface area (Å²) in [5.74, 6) is -1.31. The van der Waals surface area contributed by atoms with E-state index in [9.17, 15) is 9.59 Å². The van der Waals surface area contributed by atoms with E-state index >= 15 is 0 Å². The van der Waals surface area contributed by atoms with Crippen LogP contribution in [-0.4, -0.2) is 28.6 Å². The number of imide groups is 1. The third-order valence-electron chi connectivity index (χ3n) is 3.14. The first kappa shape index (κ1) is 18.1. The van der Waals surface area contributed by atoms with Crippen LogP contribution in [0.15, 0.2) is 0 Å². The van der Waals surface area contributed by atoms with Crippen LogP contribution in [0.1, 0.15) is 71.1 Å². The van der Waals surface area contributed by atoms with Gasteiger partial charge in [0.1, 0.15) is 0 Å². The topological polar surface area (TPSA) is 83.6 Å². The predicted octanol–water partition coefficient (Wildman–Crippen LogP) is 2.61. The molecule has 19 heavy (non-hydrogen) atoms. The number of hydrogen-bond donors (Lipinski definition) is 2. The van der Waals surface area contributed by atoms with Gasteiger partial charge in [-0.05, 0) is 6.42 Å². The van der Waals surface area contributed by atoms with Crippen molar-refractivity contribution in [1.29, 1.82) is 0 Å². The molecule has 112 valence electrons. The minimum Gasteiger partial charge on any atom is -0.322 e. The Labute approximate surface area is 116 Å². The van der Waals surface area contributed by atoms with Crippen molar-refractivity contribution in [2.24, 2.45) is 5.73 Å². The number of amides is 2. The molecule has 0 spiro atoms. The van der Waals surface area contributed by atoms with Crippen LogP contribution in [0.5, 0.6) is 0 Å². The Balaban J connectivity index is 3.39. The fourth-order valence-corrected chi connectivity index (χ4v) is 1.92. The number of nitrogens with two attached hydrogens (primary N) is 1. The largest absolute Gasteiger partial charge is 0.322 e. The summed E-state index contributed by atoms with van der Waals surface area (Å²) in [5.41, 5.74) is 5.05. The number of nitrogens with zero attached hydrogens (tertiary/aromatic N) is 1. The van der Waals surface area contributed by atoms with E-state index in [0.717, 1.165) is 12.8 Å². The molecule has 0 rings (SSSR count). The smallest absolute Gasteiger partial charge is 0.266 e. The van der Waals surface area contributed by atoms with E-state index in [-0.39, 0.29) is 18.0 Å². The molecule has 0 aliphatic heterocycles. The Morgan fingerprint density at radius 2 is 1.37 bits per heavy atom. The lowest BCUT2D eigenvalue weighted by Crippen LogP contribution is -2.37. The Bertz CT molecular complexity index is 257.